The second kappa shape index (κ2) is 12.3. The molecule has 0 saturated heterocycles. The Labute approximate surface area is 221 Å². The number of ether oxygens (including phenoxy) is 3. The van der Waals surface area contributed by atoms with Crippen LogP contribution in [0.5, 0.6) is 11.5 Å². The standard InChI is InChI=1S/C30H32N2O6/c1-4-13-38-27-12-10-19(20-9-11-24(30(35)37-3)28(16-20)36-2)15-25(27)29(34)32-22(18-33)14-21-17-31-26-8-6-5-7-23(21)26/h5-12,15-17,22,31,33H,4,13-14,18H2,1-3H3,(H,32,34)/t22-/m1/s1. The number of hydrogen-bond donors (Lipinski definition) is 3. The third-order valence-electron chi connectivity index (χ3n) is 6.32. The van der Waals surface area contributed by atoms with E-state index in [0.717, 1.165) is 34.0 Å². The Morgan fingerprint density at radius 1 is 0.974 bits per heavy atom. The van der Waals surface area contributed by atoms with Crippen molar-refractivity contribution < 1.29 is 28.9 Å². The third kappa shape index (κ3) is 5.81. The summed E-state index contributed by atoms with van der Waals surface area (Å²) < 4.78 is 16.1. The minimum atomic E-state index is -0.498. The van der Waals surface area contributed by atoms with Crippen LogP contribution in [0.4, 0.5) is 0 Å². The average Bonchev–Trinajstić information content (AvgIpc) is 3.37. The molecule has 0 unspecified atom stereocenters. The minimum Gasteiger partial charge on any atom is -0.496 e. The van der Waals surface area contributed by atoms with Gasteiger partial charge in [-0.15, -0.1) is 0 Å². The number of nitrogens with one attached hydrogen (secondary N) is 2. The zero-order chi connectivity index (χ0) is 27.1. The number of esters is 1. The van der Waals surface area contributed by atoms with Gasteiger partial charge in [-0.1, -0.05) is 37.3 Å². The molecule has 8 nitrogen and oxygen atoms in total. The highest BCUT2D eigenvalue weighted by Gasteiger charge is 2.20. The quantitative estimate of drug-likeness (QED) is 0.248. The number of fused-ring (bicyclic) bond motifs is 1. The molecule has 0 fully saturated rings. The number of aromatic amines is 1. The molecule has 4 rings (SSSR count). The van der Waals surface area contributed by atoms with Gasteiger partial charge in [-0.2, -0.15) is 0 Å². The van der Waals surface area contributed by atoms with Gasteiger partial charge in [0, 0.05) is 17.1 Å². The summed E-state index contributed by atoms with van der Waals surface area (Å²) in [5, 5.41) is 14.1. The van der Waals surface area contributed by atoms with Crippen molar-refractivity contribution in [1.82, 2.24) is 10.3 Å². The summed E-state index contributed by atoms with van der Waals surface area (Å²) in [6.07, 6.45) is 3.15. The fourth-order valence-corrected chi connectivity index (χ4v) is 4.36. The minimum absolute atomic E-state index is 0.220. The van der Waals surface area contributed by atoms with Crippen LogP contribution in [0.3, 0.4) is 0 Å². The highest BCUT2D eigenvalue weighted by molar-refractivity contribution is 5.99. The third-order valence-corrected chi connectivity index (χ3v) is 6.32. The van der Waals surface area contributed by atoms with Crippen molar-refractivity contribution in [1.29, 1.82) is 0 Å². The lowest BCUT2D eigenvalue weighted by Gasteiger charge is -2.18. The first-order valence-corrected chi connectivity index (χ1v) is 12.5. The molecule has 38 heavy (non-hydrogen) atoms. The van der Waals surface area contributed by atoms with Gasteiger partial charge >= 0.3 is 5.97 Å². The number of aliphatic hydroxyl groups is 1. The molecule has 1 aromatic heterocycles. The van der Waals surface area contributed by atoms with Gasteiger partial charge in [0.2, 0.25) is 0 Å². The highest BCUT2D eigenvalue weighted by atomic mass is 16.5. The van der Waals surface area contributed by atoms with Crippen LogP contribution in [0.1, 0.15) is 39.6 Å². The summed E-state index contributed by atoms with van der Waals surface area (Å²) in [6, 6.07) is 17.9. The Balaban J connectivity index is 1.63. The maximum absolute atomic E-state index is 13.5. The number of benzene rings is 3. The lowest BCUT2D eigenvalue weighted by Crippen LogP contribution is -2.39. The van der Waals surface area contributed by atoms with Crippen molar-refractivity contribution in [3.05, 3.63) is 83.6 Å². The maximum Gasteiger partial charge on any atom is 0.341 e. The van der Waals surface area contributed by atoms with Gasteiger partial charge in [-0.25, -0.2) is 4.79 Å². The van der Waals surface area contributed by atoms with Gasteiger partial charge in [-0.05, 0) is 59.9 Å². The number of aliphatic hydroxyl groups excluding tert-OH is 1. The summed E-state index contributed by atoms with van der Waals surface area (Å²) in [4.78, 5) is 28.8. The predicted molar refractivity (Wildman–Crippen MR) is 146 cm³/mol. The number of amides is 1. The van der Waals surface area contributed by atoms with Gasteiger partial charge in [0.05, 0.1) is 39.0 Å². The number of rotatable bonds is 11. The summed E-state index contributed by atoms with van der Waals surface area (Å²) in [5.41, 5.74) is 4.16. The summed E-state index contributed by atoms with van der Waals surface area (Å²) >= 11 is 0. The van der Waals surface area contributed by atoms with E-state index in [1.54, 1.807) is 30.3 Å². The molecule has 8 heteroatoms. The van der Waals surface area contributed by atoms with E-state index in [2.05, 4.69) is 10.3 Å². The zero-order valence-corrected chi connectivity index (χ0v) is 21.7. The van der Waals surface area contributed by atoms with Gasteiger partial charge < -0.3 is 29.6 Å². The van der Waals surface area contributed by atoms with Gasteiger partial charge in [-0.3, -0.25) is 4.79 Å². The number of hydrogen-bond acceptors (Lipinski definition) is 6. The Morgan fingerprint density at radius 2 is 1.74 bits per heavy atom. The largest absolute Gasteiger partial charge is 0.496 e. The lowest BCUT2D eigenvalue weighted by atomic mass is 9.99. The maximum atomic E-state index is 13.5. The van der Waals surface area contributed by atoms with E-state index in [1.807, 2.05) is 43.5 Å². The van der Waals surface area contributed by atoms with Crippen LogP contribution >= 0.6 is 0 Å². The molecular weight excluding hydrogens is 484 g/mol. The number of methoxy groups -OCH3 is 2. The molecule has 0 aliphatic heterocycles. The van der Waals surface area contributed by atoms with E-state index in [9.17, 15) is 14.7 Å². The predicted octanol–water partition coefficient (Wildman–Crippen LogP) is 4.75. The van der Waals surface area contributed by atoms with Gasteiger partial charge in [0.1, 0.15) is 17.1 Å². The van der Waals surface area contributed by atoms with Crippen molar-refractivity contribution in [2.45, 2.75) is 25.8 Å². The number of H-pyrrole nitrogens is 1. The molecule has 0 bridgehead atoms. The van der Waals surface area contributed by atoms with Crippen molar-refractivity contribution >= 4 is 22.8 Å². The average molecular weight is 517 g/mol. The fourth-order valence-electron chi connectivity index (χ4n) is 4.36. The van der Waals surface area contributed by atoms with Crippen molar-refractivity contribution in [2.24, 2.45) is 0 Å². The van der Waals surface area contributed by atoms with E-state index < -0.39 is 12.0 Å². The second-order valence-corrected chi connectivity index (χ2v) is 8.88. The normalized spacial score (nSPS) is 11.7. The summed E-state index contributed by atoms with van der Waals surface area (Å²) in [5.74, 6) is -0.0298. The molecule has 0 aliphatic carbocycles. The number of para-hydroxylation sites is 1. The van der Waals surface area contributed by atoms with Crippen LogP contribution in [0.25, 0.3) is 22.0 Å². The summed E-state index contributed by atoms with van der Waals surface area (Å²) in [7, 11) is 2.79. The number of aromatic nitrogens is 1. The molecule has 0 radical (unpaired) electrons. The summed E-state index contributed by atoms with van der Waals surface area (Å²) in [6.45, 7) is 2.23. The lowest BCUT2D eigenvalue weighted by molar-refractivity contribution is 0.0597. The molecule has 1 atom stereocenters. The molecule has 3 aromatic carbocycles. The van der Waals surface area contributed by atoms with Crippen LogP contribution in [0.15, 0.2) is 66.9 Å². The molecule has 0 spiro atoms. The first kappa shape index (κ1) is 26.8. The van der Waals surface area contributed by atoms with Crippen molar-refractivity contribution in [3.63, 3.8) is 0 Å². The topological polar surface area (TPSA) is 110 Å². The first-order chi connectivity index (χ1) is 18.5. The number of carbonyl (C=O) groups excluding carboxylic acids is 2. The van der Waals surface area contributed by atoms with Crippen molar-refractivity contribution in [2.75, 3.05) is 27.4 Å². The van der Waals surface area contributed by atoms with E-state index in [-0.39, 0.29) is 12.5 Å². The second-order valence-electron chi connectivity index (χ2n) is 8.88. The Bertz CT molecular complexity index is 1430. The molecule has 0 saturated carbocycles. The molecule has 0 aliphatic rings. The van der Waals surface area contributed by atoms with Crippen molar-refractivity contribution in [3.8, 4) is 22.6 Å². The number of carbonyl (C=O) groups is 2. The molecule has 4 aromatic rings. The smallest absolute Gasteiger partial charge is 0.341 e. The van der Waals surface area contributed by atoms with Crippen LogP contribution in [0, 0.1) is 0 Å². The van der Waals surface area contributed by atoms with E-state index in [0.29, 0.717) is 35.7 Å². The first-order valence-electron chi connectivity index (χ1n) is 12.5. The zero-order valence-electron chi connectivity index (χ0n) is 21.7. The van der Waals surface area contributed by atoms with Crippen LogP contribution in [-0.2, 0) is 11.2 Å². The van der Waals surface area contributed by atoms with Gasteiger partial charge in [0.15, 0.2) is 0 Å². The Hall–Kier alpha value is -4.30. The van der Waals surface area contributed by atoms with E-state index >= 15 is 0 Å². The van der Waals surface area contributed by atoms with E-state index in [4.69, 9.17) is 14.2 Å². The SMILES string of the molecule is CCCOc1ccc(-c2ccc(C(=O)OC)c(OC)c2)cc1C(=O)N[C@@H](CO)Cc1c[nH]c2ccccc12. The van der Waals surface area contributed by atoms with Crippen LogP contribution in [-0.4, -0.2) is 55.4 Å². The van der Waals surface area contributed by atoms with Crippen LogP contribution in [0.2, 0.25) is 0 Å². The Morgan fingerprint density at radius 3 is 2.47 bits per heavy atom. The van der Waals surface area contributed by atoms with Crippen LogP contribution < -0.4 is 14.8 Å². The monoisotopic (exact) mass is 516 g/mol. The molecule has 1 heterocycles. The highest BCUT2D eigenvalue weighted by Crippen LogP contribution is 2.31. The van der Waals surface area contributed by atoms with E-state index in [1.165, 1.54) is 14.2 Å². The fraction of sp³-hybridized carbons (Fsp3) is 0.267. The Kier molecular flexibility index (Phi) is 8.66. The molecule has 3 N–H and O–H groups in total. The molecule has 198 valence electrons. The molecule has 1 amide bonds. The molecular formula is C30H32N2O6. The van der Waals surface area contributed by atoms with Gasteiger partial charge in [0.25, 0.3) is 5.91 Å².